The lowest BCUT2D eigenvalue weighted by Gasteiger charge is -2.10. The van der Waals surface area contributed by atoms with Crippen molar-refractivity contribution >= 4 is 11.8 Å². The van der Waals surface area contributed by atoms with Crippen molar-refractivity contribution in [1.29, 1.82) is 0 Å². The van der Waals surface area contributed by atoms with E-state index in [1.165, 1.54) is 0 Å². The molecule has 1 atom stereocenters. The zero-order chi connectivity index (χ0) is 12.7. The first-order valence-electron chi connectivity index (χ1n) is 6.34. The van der Waals surface area contributed by atoms with Gasteiger partial charge in [0, 0.05) is 25.4 Å². The standard InChI is InChI=1S/C12H23N3O2/c1-9(2)15-11(16)4-6-14-12(17)7-10-3-5-13-8-10/h9-10,13H,3-8H2,1-2H3,(H,14,17)(H,15,16). The molecule has 0 aromatic carbocycles. The van der Waals surface area contributed by atoms with Crippen LogP contribution in [0, 0.1) is 5.92 Å². The SMILES string of the molecule is CC(C)NC(=O)CCNC(=O)CC1CCNC1. The molecule has 5 heteroatoms. The molecule has 1 rings (SSSR count). The maximum absolute atomic E-state index is 11.5. The van der Waals surface area contributed by atoms with Crippen molar-refractivity contribution in [2.75, 3.05) is 19.6 Å². The third-order valence-electron chi connectivity index (χ3n) is 2.76. The van der Waals surface area contributed by atoms with Gasteiger partial charge in [-0.2, -0.15) is 0 Å². The molecule has 1 saturated heterocycles. The van der Waals surface area contributed by atoms with Gasteiger partial charge in [0.2, 0.25) is 11.8 Å². The van der Waals surface area contributed by atoms with E-state index in [0.717, 1.165) is 19.5 Å². The molecule has 1 aliphatic heterocycles. The number of carbonyl (C=O) groups is 2. The van der Waals surface area contributed by atoms with Gasteiger partial charge in [-0.05, 0) is 39.3 Å². The summed E-state index contributed by atoms with van der Waals surface area (Å²) in [7, 11) is 0. The van der Waals surface area contributed by atoms with Crippen LogP contribution >= 0.6 is 0 Å². The monoisotopic (exact) mass is 241 g/mol. The molecule has 0 aromatic rings. The minimum Gasteiger partial charge on any atom is -0.356 e. The quantitative estimate of drug-likeness (QED) is 0.614. The Hall–Kier alpha value is -1.10. The van der Waals surface area contributed by atoms with E-state index in [4.69, 9.17) is 0 Å². The Morgan fingerprint density at radius 3 is 2.71 bits per heavy atom. The molecule has 17 heavy (non-hydrogen) atoms. The number of nitrogens with one attached hydrogen (secondary N) is 3. The van der Waals surface area contributed by atoms with Crippen LogP contribution in [0.15, 0.2) is 0 Å². The summed E-state index contributed by atoms with van der Waals surface area (Å²) in [5.74, 6) is 0.498. The van der Waals surface area contributed by atoms with Crippen LogP contribution < -0.4 is 16.0 Å². The molecule has 1 unspecified atom stereocenters. The molecule has 0 aromatic heterocycles. The van der Waals surface area contributed by atoms with E-state index < -0.39 is 0 Å². The van der Waals surface area contributed by atoms with Crippen LogP contribution in [-0.2, 0) is 9.59 Å². The van der Waals surface area contributed by atoms with E-state index in [2.05, 4.69) is 16.0 Å². The molecule has 0 radical (unpaired) electrons. The van der Waals surface area contributed by atoms with Crippen LogP contribution in [0.2, 0.25) is 0 Å². The van der Waals surface area contributed by atoms with Crippen molar-refractivity contribution in [3.05, 3.63) is 0 Å². The Labute approximate surface area is 103 Å². The summed E-state index contributed by atoms with van der Waals surface area (Å²) in [5.41, 5.74) is 0. The fourth-order valence-electron chi connectivity index (χ4n) is 1.93. The molecule has 1 aliphatic rings. The molecule has 0 aliphatic carbocycles. The highest BCUT2D eigenvalue weighted by Crippen LogP contribution is 2.11. The molecule has 2 amide bonds. The van der Waals surface area contributed by atoms with Gasteiger partial charge >= 0.3 is 0 Å². The average Bonchev–Trinajstić information content (AvgIpc) is 2.69. The lowest BCUT2D eigenvalue weighted by molar-refractivity contribution is -0.123. The van der Waals surface area contributed by atoms with Crippen molar-refractivity contribution in [3.8, 4) is 0 Å². The van der Waals surface area contributed by atoms with Crippen LogP contribution in [0.1, 0.15) is 33.1 Å². The molecule has 3 N–H and O–H groups in total. The van der Waals surface area contributed by atoms with E-state index in [-0.39, 0.29) is 17.9 Å². The summed E-state index contributed by atoms with van der Waals surface area (Å²) in [4.78, 5) is 22.8. The molecule has 98 valence electrons. The van der Waals surface area contributed by atoms with Crippen LogP contribution in [0.5, 0.6) is 0 Å². The predicted molar refractivity (Wildman–Crippen MR) is 66.5 cm³/mol. The van der Waals surface area contributed by atoms with Crippen molar-refractivity contribution < 1.29 is 9.59 Å². The highest BCUT2D eigenvalue weighted by atomic mass is 16.2. The summed E-state index contributed by atoms with van der Waals surface area (Å²) in [6.07, 6.45) is 1.99. The maximum Gasteiger partial charge on any atom is 0.221 e. The van der Waals surface area contributed by atoms with Crippen LogP contribution in [0.3, 0.4) is 0 Å². The van der Waals surface area contributed by atoms with Crippen LogP contribution in [0.25, 0.3) is 0 Å². The van der Waals surface area contributed by atoms with E-state index in [0.29, 0.717) is 25.3 Å². The second-order valence-corrected chi connectivity index (χ2v) is 4.89. The lowest BCUT2D eigenvalue weighted by atomic mass is 10.0. The normalized spacial score (nSPS) is 19.4. The molecule has 1 fully saturated rings. The summed E-state index contributed by atoms with van der Waals surface area (Å²) < 4.78 is 0. The Morgan fingerprint density at radius 2 is 2.12 bits per heavy atom. The van der Waals surface area contributed by atoms with Gasteiger partial charge in [-0.3, -0.25) is 9.59 Å². The van der Waals surface area contributed by atoms with Crippen molar-refractivity contribution in [2.24, 2.45) is 5.92 Å². The largest absolute Gasteiger partial charge is 0.356 e. The Morgan fingerprint density at radius 1 is 1.35 bits per heavy atom. The topological polar surface area (TPSA) is 70.2 Å². The first kappa shape index (κ1) is 14.0. The molecule has 0 bridgehead atoms. The summed E-state index contributed by atoms with van der Waals surface area (Å²) in [6.45, 7) is 6.21. The Kier molecular flexibility index (Phi) is 5.97. The van der Waals surface area contributed by atoms with Gasteiger partial charge in [0.1, 0.15) is 0 Å². The Bertz CT molecular complexity index is 260. The summed E-state index contributed by atoms with van der Waals surface area (Å²) in [6, 6.07) is 0.155. The first-order chi connectivity index (χ1) is 8.08. The second-order valence-electron chi connectivity index (χ2n) is 4.89. The minimum atomic E-state index is -0.0113. The number of rotatable bonds is 6. The fraction of sp³-hybridized carbons (Fsp3) is 0.833. The first-order valence-corrected chi connectivity index (χ1v) is 6.34. The third kappa shape index (κ3) is 6.26. The number of hydrogen-bond donors (Lipinski definition) is 3. The number of carbonyl (C=O) groups excluding carboxylic acids is 2. The fourth-order valence-corrected chi connectivity index (χ4v) is 1.93. The Balaban J connectivity index is 2.05. The molecule has 0 saturated carbocycles. The zero-order valence-corrected chi connectivity index (χ0v) is 10.7. The van der Waals surface area contributed by atoms with Gasteiger partial charge in [0.25, 0.3) is 0 Å². The van der Waals surface area contributed by atoms with Gasteiger partial charge in [-0.15, -0.1) is 0 Å². The van der Waals surface area contributed by atoms with Gasteiger partial charge in [0.15, 0.2) is 0 Å². The summed E-state index contributed by atoms with van der Waals surface area (Å²) >= 11 is 0. The minimum absolute atomic E-state index is 0.0113. The highest BCUT2D eigenvalue weighted by Gasteiger charge is 2.17. The van der Waals surface area contributed by atoms with Gasteiger partial charge in [-0.1, -0.05) is 0 Å². The van der Waals surface area contributed by atoms with Crippen molar-refractivity contribution in [1.82, 2.24) is 16.0 Å². The number of hydrogen-bond acceptors (Lipinski definition) is 3. The number of amides is 2. The molecular formula is C12H23N3O2. The predicted octanol–water partition coefficient (Wildman–Crippen LogP) is 0.0169. The average molecular weight is 241 g/mol. The second kappa shape index (κ2) is 7.27. The van der Waals surface area contributed by atoms with Gasteiger partial charge in [0.05, 0.1) is 0 Å². The van der Waals surface area contributed by atoms with Crippen molar-refractivity contribution in [2.45, 2.75) is 39.2 Å². The van der Waals surface area contributed by atoms with Crippen LogP contribution in [0.4, 0.5) is 0 Å². The maximum atomic E-state index is 11.5. The van der Waals surface area contributed by atoms with Gasteiger partial charge in [-0.25, -0.2) is 0 Å². The molecular weight excluding hydrogens is 218 g/mol. The summed E-state index contributed by atoms with van der Waals surface area (Å²) in [5, 5.41) is 8.80. The van der Waals surface area contributed by atoms with E-state index in [9.17, 15) is 9.59 Å². The van der Waals surface area contributed by atoms with Gasteiger partial charge < -0.3 is 16.0 Å². The molecule has 1 heterocycles. The zero-order valence-electron chi connectivity index (χ0n) is 10.7. The molecule has 0 spiro atoms. The molecule has 5 nitrogen and oxygen atoms in total. The van der Waals surface area contributed by atoms with E-state index in [1.54, 1.807) is 0 Å². The van der Waals surface area contributed by atoms with E-state index in [1.807, 2.05) is 13.8 Å². The lowest BCUT2D eigenvalue weighted by Crippen LogP contribution is -2.34. The van der Waals surface area contributed by atoms with Crippen LogP contribution in [-0.4, -0.2) is 37.5 Å². The smallest absolute Gasteiger partial charge is 0.221 e. The third-order valence-corrected chi connectivity index (χ3v) is 2.76. The van der Waals surface area contributed by atoms with E-state index >= 15 is 0 Å². The van der Waals surface area contributed by atoms with Crippen molar-refractivity contribution in [3.63, 3.8) is 0 Å². The highest BCUT2D eigenvalue weighted by molar-refractivity contribution is 5.79.